The van der Waals surface area contributed by atoms with Gasteiger partial charge in [-0.25, -0.2) is 4.98 Å². The first-order valence-corrected chi connectivity index (χ1v) is 5.92. The van der Waals surface area contributed by atoms with Gasteiger partial charge in [0.2, 0.25) is 5.91 Å². The van der Waals surface area contributed by atoms with Crippen LogP contribution in [0.15, 0.2) is 12.3 Å². The molecule has 0 radical (unpaired) electrons. The van der Waals surface area contributed by atoms with Crippen LogP contribution in [0, 0.1) is 6.92 Å². The maximum absolute atomic E-state index is 11.7. The van der Waals surface area contributed by atoms with E-state index in [1.165, 1.54) is 4.90 Å². The molecule has 1 rings (SSSR count). The van der Waals surface area contributed by atoms with Crippen LogP contribution in [-0.2, 0) is 4.79 Å². The summed E-state index contributed by atoms with van der Waals surface area (Å²) in [5.74, 6) is 0.632. The van der Waals surface area contributed by atoms with Gasteiger partial charge >= 0.3 is 0 Å². The molecule has 0 unspecified atom stereocenters. The van der Waals surface area contributed by atoms with Crippen molar-refractivity contribution in [3.05, 3.63) is 23.4 Å². The molecule has 1 heterocycles. The molecular formula is C12H18N4OS. The number of aryl methyl sites for hydroxylation is 1. The van der Waals surface area contributed by atoms with Gasteiger partial charge in [-0.2, -0.15) is 0 Å². The van der Waals surface area contributed by atoms with Crippen molar-refractivity contribution in [3.8, 4) is 0 Å². The number of hydrogen-bond acceptors (Lipinski definition) is 4. The Morgan fingerprint density at radius 1 is 1.44 bits per heavy atom. The third kappa shape index (κ3) is 3.16. The van der Waals surface area contributed by atoms with Crippen molar-refractivity contribution in [2.75, 3.05) is 32.6 Å². The van der Waals surface area contributed by atoms with Gasteiger partial charge in [0.05, 0.1) is 12.1 Å². The number of rotatable bonds is 4. The molecular weight excluding hydrogens is 248 g/mol. The topological polar surface area (TPSA) is 62.5 Å². The van der Waals surface area contributed by atoms with Crippen molar-refractivity contribution >= 4 is 28.9 Å². The Bertz CT molecular complexity index is 473. The van der Waals surface area contributed by atoms with Gasteiger partial charge in [-0.15, -0.1) is 0 Å². The van der Waals surface area contributed by atoms with Crippen molar-refractivity contribution in [2.24, 2.45) is 5.73 Å². The number of anilines is 1. The zero-order valence-corrected chi connectivity index (χ0v) is 11.9. The van der Waals surface area contributed by atoms with E-state index in [0.29, 0.717) is 10.8 Å². The Morgan fingerprint density at radius 2 is 2.06 bits per heavy atom. The zero-order chi connectivity index (χ0) is 13.9. The Balaban J connectivity index is 3.06. The predicted octanol–water partition coefficient (Wildman–Crippen LogP) is 0.549. The molecule has 0 saturated carbocycles. The Morgan fingerprint density at radius 3 is 2.56 bits per heavy atom. The third-order valence-electron chi connectivity index (χ3n) is 2.62. The number of carbonyl (C=O) groups is 1. The number of thiocarbonyl (C=S) groups is 1. The molecule has 1 aromatic heterocycles. The number of hydrogen-bond donors (Lipinski definition) is 1. The maximum Gasteiger partial charge on any atom is 0.241 e. The highest BCUT2D eigenvalue weighted by molar-refractivity contribution is 7.80. The van der Waals surface area contributed by atoms with Crippen molar-refractivity contribution < 1.29 is 4.79 Å². The smallest absolute Gasteiger partial charge is 0.241 e. The molecule has 0 fully saturated rings. The lowest BCUT2D eigenvalue weighted by molar-refractivity contribution is -0.127. The van der Waals surface area contributed by atoms with E-state index in [0.717, 1.165) is 11.1 Å². The quantitative estimate of drug-likeness (QED) is 0.806. The highest BCUT2D eigenvalue weighted by Crippen LogP contribution is 2.19. The van der Waals surface area contributed by atoms with Gasteiger partial charge < -0.3 is 15.5 Å². The second kappa shape index (κ2) is 5.77. The van der Waals surface area contributed by atoms with Gasteiger partial charge in [0, 0.05) is 27.3 Å². The van der Waals surface area contributed by atoms with Crippen LogP contribution in [0.1, 0.15) is 11.1 Å². The summed E-state index contributed by atoms with van der Waals surface area (Å²) < 4.78 is 0. The molecule has 0 aliphatic heterocycles. The molecule has 1 amide bonds. The van der Waals surface area contributed by atoms with Crippen LogP contribution >= 0.6 is 12.2 Å². The number of pyridine rings is 1. The van der Waals surface area contributed by atoms with Gasteiger partial charge in [-0.3, -0.25) is 4.79 Å². The summed E-state index contributed by atoms with van der Waals surface area (Å²) in [6, 6.07) is 1.85. The fourth-order valence-electron chi connectivity index (χ4n) is 1.56. The summed E-state index contributed by atoms with van der Waals surface area (Å²) in [7, 11) is 5.23. The Kier molecular flexibility index (Phi) is 4.61. The number of aromatic nitrogens is 1. The molecule has 1 aromatic rings. The number of nitrogens with zero attached hydrogens (tertiary/aromatic N) is 3. The van der Waals surface area contributed by atoms with E-state index < -0.39 is 0 Å². The average Bonchev–Trinajstić information content (AvgIpc) is 2.27. The first-order chi connectivity index (χ1) is 8.34. The number of amides is 1. The van der Waals surface area contributed by atoms with E-state index in [1.54, 1.807) is 32.2 Å². The first kappa shape index (κ1) is 14.4. The van der Waals surface area contributed by atoms with E-state index in [2.05, 4.69) is 4.98 Å². The minimum Gasteiger partial charge on any atom is -0.389 e. The molecule has 0 atom stereocenters. The highest BCUT2D eigenvalue weighted by atomic mass is 32.1. The molecule has 18 heavy (non-hydrogen) atoms. The van der Waals surface area contributed by atoms with Gasteiger partial charge in [-0.1, -0.05) is 12.2 Å². The summed E-state index contributed by atoms with van der Waals surface area (Å²) in [6.45, 7) is 2.15. The van der Waals surface area contributed by atoms with Crippen LogP contribution in [0.5, 0.6) is 0 Å². The van der Waals surface area contributed by atoms with E-state index in [-0.39, 0.29) is 12.5 Å². The van der Waals surface area contributed by atoms with Gasteiger partial charge in [0.15, 0.2) is 0 Å². The standard InChI is InChI=1S/C12H18N4OS/c1-8-5-6-14-12(10(8)11(13)18)16(4)7-9(17)15(2)3/h5-6H,7H2,1-4H3,(H2,13,18). The van der Waals surface area contributed by atoms with E-state index in [1.807, 2.05) is 13.0 Å². The van der Waals surface area contributed by atoms with Crippen LogP contribution in [0.2, 0.25) is 0 Å². The van der Waals surface area contributed by atoms with E-state index in [4.69, 9.17) is 18.0 Å². The van der Waals surface area contributed by atoms with Crippen molar-refractivity contribution in [2.45, 2.75) is 6.92 Å². The van der Waals surface area contributed by atoms with Crippen LogP contribution in [0.3, 0.4) is 0 Å². The largest absolute Gasteiger partial charge is 0.389 e. The summed E-state index contributed by atoms with van der Waals surface area (Å²) in [6.07, 6.45) is 1.68. The number of likely N-dealkylation sites (N-methyl/N-ethyl adjacent to an activating group) is 2. The van der Waals surface area contributed by atoms with Crippen molar-refractivity contribution in [1.29, 1.82) is 0 Å². The summed E-state index contributed by atoms with van der Waals surface area (Å²) in [5, 5.41) is 0. The van der Waals surface area contributed by atoms with E-state index in [9.17, 15) is 4.79 Å². The normalized spacial score (nSPS) is 10.0. The fraction of sp³-hybridized carbons (Fsp3) is 0.417. The number of nitrogens with two attached hydrogens (primary N) is 1. The lowest BCUT2D eigenvalue weighted by Crippen LogP contribution is -2.35. The molecule has 0 aliphatic carbocycles. The monoisotopic (exact) mass is 266 g/mol. The minimum atomic E-state index is -0.00491. The summed E-state index contributed by atoms with van der Waals surface area (Å²) >= 11 is 5.04. The second-order valence-electron chi connectivity index (χ2n) is 4.33. The van der Waals surface area contributed by atoms with Gasteiger partial charge in [0.1, 0.15) is 10.8 Å². The molecule has 98 valence electrons. The summed E-state index contributed by atoms with van der Waals surface area (Å²) in [5.41, 5.74) is 7.39. The predicted molar refractivity (Wildman–Crippen MR) is 76.8 cm³/mol. The zero-order valence-electron chi connectivity index (χ0n) is 11.1. The lowest BCUT2D eigenvalue weighted by atomic mass is 10.1. The first-order valence-electron chi connectivity index (χ1n) is 5.51. The number of carbonyl (C=O) groups excluding carboxylic acids is 1. The third-order valence-corrected chi connectivity index (χ3v) is 2.82. The molecule has 6 heteroatoms. The highest BCUT2D eigenvalue weighted by Gasteiger charge is 2.16. The molecule has 0 aliphatic rings. The summed E-state index contributed by atoms with van der Waals surface area (Å²) in [4.78, 5) is 19.5. The van der Waals surface area contributed by atoms with Gasteiger partial charge in [0.25, 0.3) is 0 Å². The molecule has 0 saturated heterocycles. The second-order valence-corrected chi connectivity index (χ2v) is 4.77. The molecule has 0 bridgehead atoms. The molecule has 5 nitrogen and oxygen atoms in total. The van der Waals surface area contributed by atoms with Crippen molar-refractivity contribution in [1.82, 2.24) is 9.88 Å². The average molecular weight is 266 g/mol. The Labute approximate surface area is 113 Å². The van der Waals surface area contributed by atoms with Crippen LogP contribution in [0.25, 0.3) is 0 Å². The molecule has 0 spiro atoms. The molecule has 2 N–H and O–H groups in total. The fourth-order valence-corrected chi connectivity index (χ4v) is 1.81. The maximum atomic E-state index is 11.7. The van der Waals surface area contributed by atoms with Crippen LogP contribution in [0.4, 0.5) is 5.82 Å². The van der Waals surface area contributed by atoms with Crippen LogP contribution < -0.4 is 10.6 Å². The minimum absolute atomic E-state index is 0.00491. The SMILES string of the molecule is Cc1ccnc(N(C)CC(=O)N(C)C)c1C(N)=S. The van der Waals surface area contributed by atoms with Gasteiger partial charge in [-0.05, 0) is 18.6 Å². The lowest BCUT2D eigenvalue weighted by Gasteiger charge is -2.22. The van der Waals surface area contributed by atoms with Crippen molar-refractivity contribution in [3.63, 3.8) is 0 Å². The van der Waals surface area contributed by atoms with Crippen LogP contribution in [-0.4, -0.2) is 48.5 Å². The Hall–Kier alpha value is -1.69. The van der Waals surface area contributed by atoms with E-state index >= 15 is 0 Å². The molecule has 0 aromatic carbocycles.